The fraction of sp³-hybridized carbons (Fsp3) is 0.400. The third-order valence-corrected chi connectivity index (χ3v) is 4.76. The van der Waals surface area contributed by atoms with Crippen LogP contribution in [0, 0.1) is 0 Å². The van der Waals surface area contributed by atoms with Gasteiger partial charge in [-0.3, -0.25) is 0 Å². The van der Waals surface area contributed by atoms with E-state index in [9.17, 15) is 5.11 Å². The number of aromatic hydroxyl groups is 1. The number of hydrogen-bond acceptors (Lipinski definition) is 4. The number of phenolic OH excluding ortho intramolecular Hbond substituents is 1. The van der Waals surface area contributed by atoms with E-state index in [2.05, 4.69) is 24.1 Å². The summed E-state index contributed by atoms with van der Waals surface area (Å²) in [6, 6.07) is 9.94. The molecule has 24 heavy (non-hydrogen) atoms. The van der Waals surface area contributed by atoms with Gasteiger partial charge in [-0.05, 0) is 72.8 Å². The molecule has 1 aliphatic heterocycles. The van der Waals surface area contributed by atoms with Crippen molar-refractivity contribution >= 4 is 0 Å². The molecule has 1 heterocycles. The lowest BCUT2D eigenvalue weighted by molar-refractivity contribution is 0.324. The van der Waals surface area contributed by atoms with Gasteiger partial charge in [-0.2, -0.15) is 0 Å². The zero-order valence-corrected chi connectivity index (χ0v) is 14.6. The Morgan fingerprint density at radius 2 is 1.46 bits per heavy atom. The molecule has 0 fully saturated rings. The van der Waals surface area contributed by atoms with Crippen LogP contribution in [0.5, 0.6) is 17.2 Å². The van der Waals surface area contributed by atoms with E-state index < -0.39 is 0 Å². The Hall–Kier alpha value is -2.20. The summed E-state index contributed by atoms with van der Waals surface area (Å²) < 4.78 is 10.9. The zero-order valence-electron chi connectivity index (χ0n) is 14.6. The first-order valence-corrected chi connectivity index (χ1v) is 8.33. The number of methoxy groups -OCH3 is 2. The number of benzene rings is 2. The van der Waals surface area contributed by atoms with E-state index in [1.807, 2.05) is 12.1 Å². The van der Waals surface area contributed by atoms with Crippen molar-refractivity contribution in [3.63, 3.8) is 0 Å². The highest BCUT2D eigenvalue weighted by molar-refractivity contribution is 5.48. The molecule has 0 saturated carbocycles. The van der Waals surface area contributed by atoms with Crippen LogP contribution in [0.1, 0.15) is 22.3 Å². The lowest BCUT2D eigenvalue weighted by atomic mass is 9.93. The molecule has 0 bridgehead atoms. The summed E-state index contributed by atoms with van der Waals surface area (Å²) >= 11 is 0. The number of hydrogen-bond donors (Lipinski definition) is 1. The van der Waals surface area contributed by atoms with Gasteiger partial charge in [-0.25, -0.2) is 0 Å². The number of ether oxygens (including phenoxy) is 2. The maximum absolute atomic E-state index is 9.78. The predicted molar refractivity (Wildman–Crippen MR) is 95.1 cm³/mol. The minimum atomic E-state index is 0.347. The standard InChI is InChI=1S/C20H25NO3/c1-21-9-8-16-10-18(22)7-6-14(16)4-5-15-11-19(23-2)20(24-3)12-17(15)13-21/h6-7,10-12,22H,4-5,8-9,13H2,1-3H3. The Labute approximate surface area is 143 Å². The number of rotatable bonds is 2. The fourth-order valence-corrected chi connectivity index (χ4v) is 3.38. The smallest absolute Gasteiger partial charge is 0.161 e. The maximum atomic E-state index is 9.78. The van der Waals surface area contributed by atoms with Crippen molar-refractivity contribution in [2.45, 2.75) is 25.8 Å². The van der Waals surface area contributed by atoms with Crippen LogP contribution in [0.15, 0.2) is 30.3 Å². The number of aryl methyl sites for hydroxylation is 2. The Balaban J connectivity index is 1.99. The van der Waals surface area contributed by atoms with Crippen LogP contribution in [0.2, 0.25) is 0 Å². The topological polar surface area (TPSA) is 41.9 Å². The summed E-state index contributed by atoms with van der Waals surface area (Å²) in [5.41, 5.74) is 5.13. The number of likely N-dealkylation sites (N-methyl/N-ethyl adjacent to an activating group) is 1. The summed E-state index contributed by atoms with van der Waals surface area (Å²) in [5.74, 6) is 1.91. The average Bonchev–Trinajstić information content (AvgIpc) is 2.59. The second-order valence-corrected chi connectivity index (χ2v) is 6.42. The van der Waals surface area contributed by atoms with Gasteiger partial charge in [-0.15, -0.1) is 0 Å². The summed E-state index contributed by atoms with van der Waals surface area (Å²) in [6.45, 7) is 1.83. The van der Waals surface area contributed by atoms with Crippen LogP contribution in [-0.4, -0.2) is 37.8 Å². The van der Waals surface area contributed by atoms with Crippen LogP contribution in [-0.2, 0) is 25.8 Å². The third kappa shape index (κ3) is 3.49. The highest BCUT2D eigenvalue weighted by atomic mass is 16.5. The molecule has 0 atom stereocenters. The SMILES string of the molecule is COc1cc2c(cc1OC)CN(C)CCc1cc(O)ccc1CC2. The van der Waals surface area contributed by atoms with E-state index >= 15 is 0 Å². The van der Waals surface area contributed by atoms with Gasteiger partial charge < -0.3 is 19.5 Å². The van der Waals surface area contributed by atoms with Gasteiger partial charge in [-0.1, -0.05) is 6.07 Å². The minimum absolute atomic E-state index is 0.347. The van der Waals surface area contributed by atoms with E-state index in [-0.39, 0.29) is 0 Å². The normalized spacial score (nSPS) is 15.3. The summed E-state index contributed by atoms with van der Waals surface area (Å²) in [6.07, 6.45) is 2.85. The molecule has 0 amide bonds. The lowest BCUT2D eigenvalue weighted by Crippen LogP contribution is -2.23. The van der Waals surface area contributed by atoms with Crippen molar-refractivity contribution in [2.24, 2.45) is 0 Å². The van der Waals surface area contributed by atoms with Crippen LogP contribution in [0.4, 0.5) is 0 Å². The quantitative estimate of drug-likeness (QED) is 0.920. The van der Waals surface area contributed by atoms with Crippen molar-refractivity contribution < 1.29 is 14.6 Å². The van der Waals surface area contributed by atoms with Gasteiger partial charge in [0.1, 0.15) is 5.75 Å². The minimum Gasteiger partial charge on any atom is -0.508 e. The number of nitrogens with zero attached hydrogens (tertiary/aromatic N) is 1. The molecule has 4 heteroatoms. The monoisotopic (exact) mass is 327 g/mol. The van der Waals surface area contributed by atoms with Crippen LogP contribution < -0.4 is 9.47 Å². The van der Waals surface area contributed by atoms with Gasteiger partial charge in [0.2, 0.25) is 0 Å². The average molecular weight is 327 g/mol. The number of fused-ring (bicyclic) bond motifs is 2. The molecule has 128 valence electrons. The summed E-state index contributed by atoms with van der Waals surface area (Å²) in [5, 5.41) is 9.78. The lowest BCUT2D eigenvalue weighted by Gasteiger charge is -2.23. The highest BCUT2D eigenvalue weighted by Crippen LogP contribution is 2.32. The van der Waals surface area contributed by atoms with E-state index in [1.54, 1.807) is 20.3 Å². The largest absolute Gasteiger partial charge is 0.508 e. The van der Waals surface area contributed by atoms with Crippen molar-refractivity contribution in [2.75, 3.05) is 27.8 Å². The molecule has 2 aromatic rings. The molecule has 3 rings (SSSR count). The van der Waals surface area contributed by atoms with Crippen molar-refractivity contribution in [3.05, 3.63) is 52.6 Å². The van der Waals surface area contributed by atoms with Crippen LogP contribution in [0.3, 0.4) is 0 Å². The van der Waals surface area contributed by atoms with Gasteiger partial charge in [0, 0.05) is 13.1 Å². The molecule has 1 N–H and O–H groups in total. The number of phenols is 1. The van der Waals surface area contributed by atoms with Gasteiger partial charge in [0.25, 0.3) is 0 Å². The molecular formula is C20H25NO3. The molecular weight excluding hydrogens is 302 g/mol. The second-order valence-electron chi connectivity index (χ2n) is 6.42. The van der Waals surface area contributed by atoms with Gasteiger partial charge in [0.15, 0.2) is 11.5 Å². The Bertz CT molecular complexity index is 727. The van der Waals surface area contributed by atoms with Gasteiger partial charge >= 0.3 is 0 Å². The van der Waals surface area contributed by atoms with E-state index in [0.717, 1.165) is 43.9 Å². The fourth-order valence-electron chi connectivity index (χ4n) is 3.38. The first-order chi connectivity index (χ1) is 11.6. The molecule has 0 spiro atoms. The molecule has 0 aromatic heterocycles. The molecule has 0 unspecified atom stereocenters. The van der Waals surface area contributed by atoms with Crippen molar-refractivity contribution in [3.8, 4) is 17.2 Å². The zero-order chi connectivity index (χ0) is 17.1. The Kier molecular flexibility index (Phi) is 4.95. The Morgan fingerprint density at radius 1 is 0.833 bits per heavy atom. The van der Waals surface area contributed by atoms with E-state index in [1.165, 1.54) is 22.3 Å². The molecule has 4 nitrogen and oxygen atoms in total. The Morgan fingerprint density at radius 3 is 2.17 bits per heavy atom. The van der Waals surface area contributed by atoms with Crippen LogP contribution in [0.25, 0.3) is 0 Å². The molecule has 0 aliphatic carbocycles. The molecule has 1 aliphatic rings. The highest BCUT2D eigenvalue weighted by Gasteiger charge is 2.16. The van der Waals surface area contributed by atoms with Crippen molar-refractivity contribution in [1.29, 1.82) is 0 Å². The maximum Gasteiger partial charge on any atom is 0.161 e. The first kappa shape index (κ1) is 16.7. The summed E-state index contributed by atoms with van der Waals surface area (Å²) in [4.78, 5) is 2.31. The summed E-state index contributed by atoms with van der Waals surface area (Å²) in [7, 11) is 5.48. The van der Waals surface area contributed by atoms with Crippen molar-refractivity contribution in [1.82, 2.24) is 4.90 Å². The van der Waals surface area contributed by atoms with E-state index in [4.69, 9.17) is 9.47 Å². The molecule has 0 radical (unpaired) electrons. The van der Waals surface area contributed by atoms with Crippen LogP contribution >= 0.6 is 0 Å². The first-order valence-electron chi connectivity index (χ1n) is 8.33. The second kappa shape index (κ2) is 7.14. The predicted octanol–water partition coefficient (Wildman–Crippen LogP) is 3.18. The van der Waals surface area contributed by atoms with E-state index in [0.29, 0.717) is 5.75 Å². The molecule has 0 saturated heterocycles. The molecule has 2 aromatic carbocycles. The third-order valence-electron chi connectivity index (χ3n) is 4.76. The van der Waals surface area contributed by atoms with Gasteiger partial charge in [0.05, 0.1) is 14.2 Å².